The van der Waals surface area contributed by atoms with E-state index in [-0.39, 0.29) is 11.8 Å². The molecule has 0 bridgehead atoms. The SMILES string of the molecule is CCOC(C(=O)N1CCC(c2nc(-c3ccccn3)no2)CC1)c1ccccc1. The zero-order valence-electron chi connectivity index (χ0n) is 16.4. The Bertz CT molecular complexity index is 922. The third kappa shape index (κ3) is 4.35. The highest BCUT2D eigenvalue weighted by Crippen LogP contribution is 2.30. The Morgan fingerprint density at radius 3 is 2.62 bits per heavy atom. The molecule has 1 aliphatic rings. The molecule has 3 aromatic rings. The van der Waals surface area contributed by atoms with Crippen LogP contribution in [0.3, 0.4) is 0 Å². The molecule has 0 radical (unpaired) electrons. The van der Waals surface area contributed by atoms with E-state index in [9.17, 15) is 4.79 Å². The van der Waals surface area contributed by atoms with Gasteiger partial charge in [-0.15, -0.1) is 0 Å². The zero-order chi connectivity index (χ0) is 20.1. The summed E-state index contributed by atoms with van der Waals surface area (Å²) >= 11 is 0. The van der Waals surface area contributed by atoms with Crippen molar-refractivity contribution in [3.8, 4) is 11.5 Å². The maximum atomic E-state index is 13.1. The van der Waals surface area contributed by atoms with Crippen LogP contribution in [0, 0.1) is 0 Å². The van der Waals surface area contributed by atoms with Crippen LogP contribution in [-0.2, 0) is 9.53 Å². The molecular weight excluding hydrogens is 368 g/mol. The molecule has 29 heavy (non-hydrogen) atoms. The Balaban J connectivity index is 1.40. The third-order valence-corrected chi connectivity index (χ3v) is 5.15. The van der Waals surface area contributed by atoms with E-state index < -0.39 is 6.10 Å². The molecule has 0 N–H and O–H groups in total. The van der Waals surface area contributed by atoms with Crippen molar-refractivity contribution in [3.63, 3.8) is 0 Å². The van der Waals surface area contributed by atoms with Gasteiger partial charge in [0.05, 0.1) is 0 Å². The summed E-state index contributed by atoms with van der Waals surface area (Å²) in [4.78, 5) is 23.7. The highest BCUT2D eigenvalue weighted by Gasteiger charge is 2.32. The first kappa shape index (κ1) is 19.3. The van der Waals surface area contributed by atoms with E-state index in [1.54, 1.807) is 6.20 Å². The van der Waals surface area contributed by atoms with Crippen LogP contribution in [0.4, 0.5) is 0 Å². The van der Waals surface area contributed by atoms with Crippen LogP contribution >= 0.6 is 0 Å². The van der Waals surface area contributed by atoms with Crippen molar-refractivity contribution in [2.45, 2.75) is 31.8 Å². The Kier molecular flexibility index (Phi) is 5.95. The van der Waals surface area contributed by atoms with Crippen LogP contribution in [0.2, 0.25) is 0 Å². The highest BCUT2D eigenvalue weighted by molar-refractivity contribution is 5.82. The molecule has 4 rings (SSSR count). The first-order valence-corrected chi connectivity index (χ1v) is 9.96. The lowest BCUT2D eigenvalue weighted by atomic mass is 9.96. The minimum atomic E-state index is -0.558. The topological polar surface area (TPSA) is 81.4 Å². The minimum absolute atomic E-state index is 0.0104. The van der Waals surface area contributed by atoms with E-state index in [0.717, 1.165) is 18.4 Å². The number of likely N-dealkylation sites (tertiary alicyclic amines) is 1. The third-order valence-electron chi connectivity index (χ3n) is 5.15. The zero-order valence-corrected chi connectivity index (χ0v) is 16.4. The number of carbonyl (C=O) groups excluding carboxylic acids is 1. The van der Waals surface area contributed by atoms with Crippen LogP contribution in [-0.4, -0.2) is 45.6 Å². The summed E-state index contributed by atoms with van der Waals surface area (Å²) in [6.45, 7) is 3.67. The van der Waals surface area contributed by atoms with Crippen molar-refractivity contribution in [2.24, 2.45) is 0 Å². The van der Waals surface area contributed by atoms with Crippen molar-refractivity contribution in [3.05, 3.63) is 66.2 Å². The Hall–Kier alpha value is -3.06. The van der Waals surface area contributed by atoms with Crippen molar-refractivity contribution >= 4 is 5.91 Å². The minimum Gasteiger partial charge on any atom is -0.364 e. The van der Waals surface area contributed by atoms with Crippen molar-refractivity contribution < 1.29 is 14.1 Å². The summed E-state index contributed by atoms with van der Waals surface area (Å²) in [6, 6.07) is 15.3. The van der Waals surface area contributed by atoms with Gasteiger partial charge >= 0.3 is 0 Å². The quantitative estimate of drug-likeness (QED) is 0.637. The van der Waals surface area contributed by atoms with Gasteiger partial charge < -0.3 is 14.2 Å². The van der Waals surface area contributed by atoms with Crippen LogP contribution in [0.5, 0.6) is 0 Å². The van der Waals surface area contributed by atoms with Crippen LogP contribution in [0.1, 0.15) is 43.2 Å². The van der Waals surface area contributed by atoms with Crippen LogP contribution in [0.25, 0.3) is 11.5 Å². The Morgan fingerprint density at radius 1 is 1.17 bits per heavy atom. The van der Waals surface area contributed by atoms with Gasteiger partial charge in [-0.25, -0.2) is 0 Å². The highest BCUT2D eigenvalue weighted by atomic mass is 16.5. The molecule has 7 nitrogen and oxygen atoms in total. The summed E-state index contributed by atoms with van der Waals surface area (Å²) < 4.78 is 11.2. The van der Waals surface area contributed by atoms with Gasteiger partial charge in [0.2, 0.25) is 11.7 Å². The standard InChI is InChI=1S/C22H24N4O3/c1-2-28-19(16-8-4-3-5-9-16)22(27)26-14-11-17(12-15-26)21-24-20(25-29-21)18-10-6-7-13-23-18/h3-10,13,17,19H,2,11-12,14-15H2,1H3. The second-order valence-corrected chi connectivity index (χ2v) is 7.02. The molecule has 1 amide bonds. The summed E-state index contributed by atoms with van der Waals surface area (Å²) in [7, 11) is 0. The molecule has 3 heterocycles. The first-order chi connectivity index (χ1) is 14.3. The van der Waals surface area contributed by atoms with E-state index in [2.05, 4.69) is 15.1 Å². The van der Waals surface area contributed by atoms with E-state index in [4.69, 9.17) is 9.26 Å². The van der Waals surface area contributed by atoms with Gasteiger partial charge in [0, 0.05) is 31.8 Å². The maximum absolute atomic E-state index is 13.1. The van der Waals surface area contributed by atoms with E-state index in [1.807, 2.05) is 60.4 Å². The first-order valence-electron chi connectivity index (χ1n) is 9.96. The second kappa shape index (κ2) is 8.96. The summed E-state index contributed by atoms with van der Waals surface area (Å²) in [5, 5.41) is 4.06. The van der Waals surface area contributed by atoms with Gasteiger partial charge in [-0.1, -0.05) is 41.6 Å². The number of benzene rings is 1. The molecule has 2 aromatic heterocycles. The van der Waals surface area contributed by atoms with Gasteiger partial charge in [0.1, 0.15) is 5.69 Å². The number of pyridine rings is 1. The smallest absolute Gasteiger partial charge is 0.256 e. The van der Waals surface area contributed by atoms with Crippen molar-refractivity contribution in [1.82, 2.24) is 20.0 Å². The summed E-state index contributed by atoms with van der Waals surface area (Å²) in [5.41, 5.74) is 1.58. The molecule has 1 atom stereocenters. The lowest BCUT2D eigenvalue weighted by molar-refractivity contribution is -0.145. The maximum Gasteiger partial charge on any atom is 0.256 e. The number of aromatic nitrogens is 3. The van der Waals surface area contributed by atoms with Crippen LogP contribution in [0.15, 0.2) is 59.3 Å². The lowest BCUT2D eigenvalue weighted by Crippen LogP contribution is -2.41. The Labute approximate surface area is 169 Å². The average molecular weight is 392 g/mol. The van der Waals surface area contributed by atoms with E-state index in [0.29, 0.717) is 37.1 Å². The van der Waals surface area contributed by atoms with Gasteiger partial charge in [-0.3, -0.25) is 9.78 Å². The molecule has 1 fully saturated rings. The molecule has 1 unspecified atom stereocenters. The number of piperidine rings is 1. The molecular formula is C22H24N4O3. The molecule has 1 aliphatic heterocycles. The molecule has 1 saturated heterocycles. The van der Waals surface area contributed by atoms with Gasteiger partial charge in [0.25, 0.3) is 5.91 Å². The molecule has 0 saturated carbocycles. The molecule has 0 aliphatic carbocycles. The monoisotopic (exact) mass is 392 g/mol. The number of hydrogen-bond acceptors (Lipinski definition) is 6. The van der Waals surface area contributed by atoms with Crippen LogP contribution < -0.4 is 0 Å². The van der Waals surface area contributed by atoms with E-state index >= 15 is 0 Å². The number of amides is 1. The van der Waals surface area contributed by atoms with Crippen molar-refractivity contribution in [2.75, 3.05) is 19.7 Å². The predicted molar refractivity (Wildman–Crippen MR) is 107 cm³/mol. The number of hydrogen-bond donors (Lipinski definition) is 0. The number of nitrogens with zero attached hydrogens (tertiary/aromatic N) is 4. The average Bonchev–Trinajstić information content (AvgIpc) is 3.29. The fourth-order valence-electron chi connectivity index (χ4n) is 3.62. The van der Waals surface area contributed by atoms with Gasteiger partial charge in [0.15, 0.2) is 6.10 Å². The second-order valence-electron chi connectivity index (χ2n) is 7.02. The number of ether oxygens (including phenoxy) is 1. The van der Waals surface area contributed by atoms with Gasteiger partial charge in [-0.2, -0.15) is 4.98 Å². The summed E-state index contributed by atoms with van der Waals surface area (Å²) in [6.07, 6.45) is 2.71. The lowest BCUT2D eigenvalue weighted by Gasteiger charge is -2.33. The molecule has 150 valence electrons. The molecule has 1 aromatic carbocycles. The van der Waals surface area contributed by atoms with Gasteiger partial charge in [-0.05, 0) is 37.5 Å². The normalized spacial score (nSPS) is 16.0. The molecule has 7 heteroatoms. The fourth-order valence-corrected chi connectivity index (χ4v) is 3.62. The number of rotatable bonds is 6. The largest absolute Gasteiger partial charge is 0.364 e. The van der Waals surface area contributed by atoms with E-state index in [1.165, 1.54) is 0 Å². The number of carbonyl (C=O) groups is 1. The summed E-state index contributed by atoms with van der Waals surface area (Å²) in [5.74, 6) is 1.27. The molecule has 0 spiro atoms. The Morgan fingerprint density at radius 2 is 1.93 bits per heavy atom. The fraction of sp³-hybridized carbons (Fsp3) is 0.364. The van der Waals surface area contributed by atoms with Crippen molar-refractivity contribution in [1.29, 1.82) is 0 Å². The predicted octanol–water partition coefficient (Wildman–Crippen LogP) is 3.62.